The summed E-state index contributed by atoms with van der Waals surface area (Å²) in [6.45, 7) is 2.14. The van der Waals surface area contributed by atoms with Gasteiger partial charge in [0.2, 0.25) is 0 Å². The van der Waals surface area contributed by atoms with Crippen LogP contribution in [0.5, 0.6) is 0 Å². The number of ether oxygens (including phenoxy) is 2. The monoisotopic (exact) mass is 528 g/mol. The van der Waals surface area contributed by atoms with E-state index in [1.54, 1.807) is 0 Å². The van der Waals surface area contributed by atoms with Gasteiger partial charge in [0.15, 0.2) is 5.79 Å². The topological polar surface area (TPSA) is 58.9 Å². The molecule has 2 rings (SSSR count). The van der Waals surface area contributed by atoms with Gasteiger partial charge < -0.3 is 19.7 Å². The van der Waals surface area contributed by atoms with Crippen LogP contribution in [0.3, 0.4) is 0 Å². The number of aliphatic hydroxyl groups excluding tert-OH is 2. The smallest absolute Gasteiger partial charge is 0.191 e. The summed E-state index contributed by atoms with van der Waals surface area (Å²) in [5.41, 5.74) is 2.48. The summed E-state index contributed by atoms with van der Waals surface area (Å²) in [6, 6.07) is 10.5. The van der Waals surface area contributed by atoms with Crippen LogP contribution < -0.4 is 0 Å². The van der Waals surface area contributed by atoms with Crippen LogP contribution in [0, 0.1) is 0 Å². The lowest BCUT2D eigenvalue weighted by atomic mass is 9.96. The molecule has 0 heterocycles. The molecule has 4 heteroatoms. The van der Waals surface area contributed by atoms with Crippen LogP contribution in [0.15, 0.2) is 48.6 Å². The molecule has 1 aromatic rings. The minimum Gasteiger partial charge on any atom is -0.396 e. The highest BCUT2D eigenvalue weighted by Crippen LogP contribution is 2.31. The Morgan fingerprint density at radius 1 is 0.553 bits per heavy atom. The predicted octanol–water partition coefficient (Wildman–Crippen LogP) is 8.77. The summed E-state index contributed by atoms with van der Waals surface area (Å²) in [4.78, 5) is 0. The van der Waals surface area contributed by atoms with Gasteiger partial charge >= 0.3 is 0 Å². The van der Waals surface area contributed by atoms with Crippen LogP contribution in [0.2, 0.25) is 0 Å². The molecule has 4 nitrogen and oxygen atoms in total. The Hall–Kier alpha value is -1.46. The maximum Gasteiger partial charge on any atom is 0.191 e. The molecule has 38 heavy (non-hydrogen) atoms. The first-order valence-electron chi connectivity index (χ1n) is 15.7. The number of aliphatic hydroxyl groups is 2. The third-order valence-electron chi connectivity index (χ3n) is 7.53. The zero-order valence-corrected chi connectivity index (χ0v) is 24.1. The molecule has 0 fully saturated rings. The average Bonchev–Trinajstić information content (AvgIpc) is 2.95. The van der Waals surface area contributed by atoms with Gasteiger partial charge in [-0.3, -0.25) is 0 Å². The maximum atomic E-state index is 8.86. The highest BCUT2D eigenvalue weighted by molar-refractivity contribution is 5.75. The van der Waals surface area contributed by atoms with E-state index in [4.69, 9.17) is 19.7 Å². The van der Waals surface area contributed by atoms with Gasteiger partial charge in [0.1, 0.15) is 0 Å². The summed E-state index contributed by atoms with van der Waals surface area (Å²) in [7, 11) is 0. The van der Waals surface area contributed by atoms with E-state index in [0.717, 1.165) is 58.2 Å². The molecular weight excluding hydrogens is 472 g/mol. The second-order valence-corrected chi connectivity index (χ2v) is 10.9. The molecule has 0 atom stereocenters. The molecule has 0 unspecified atom stereocenters. The van der Waals surface area contributed by atoms with E-state index in [2.05, 4.69) is 48.6 Å². The summed E-state index contributed by atoms with van der Waals surface area (Å²) in [6.07, 6.45) is 29.0. The number of hydrogen-bond donors (Lipinski definition) is 2. The zero-order valence-electron chi connectivity index (χ0n) is 24.1. The van der Waals surface area contributed by atoms with Gasteiger partial charge in [0.05, 0.1) is 13.2 Å². The van der Waals surface area contributed by atoms with Gasteiger partial charge in [-0.2, -0.15) is 0 Å². The van der Waals surface area contributed by atoms with Gasteiger partial charge in [-0.05, 0) is 42.9 Å². The first-order chi connectivity index (χ1) is 18.8. The van der Waals surface area contributed by atoms with Crippen LogP contribution in [0.1, 0.15) is 128 Å². The third kappa shape index (κ3) is 15.2. The molecule has 0 spiro atoms. The van der Waals surface area contributed by atoms with Crippen LogP contribution >= 0.6 is 0 Å². The number of allylic oxidation sites excluding steroid dienone is 2. The Labute approximate surface area is 233 Å². The molecule has 0 radical (unpaired) electrons. The van der Waals surface area contributed by atoms with Crippen molar-refractivity contribution in [1.29, 1.82) is 0 Å². The Bertz CT molecular complexity index is 701. The lowest BCUT2D eigenvalue weighted by molar-refractivity contribution is -0.203. The molecular formula is C34H56O4. The Balaban J connectivity index is 1.66. The number of hydrogen-bond acceptors (Lipinski definition) is 4. The molecule has 1 aromatic carbocycles. The van der Waals surface area contributed by atoms with Gasteiger partial charge in [0.25, 0.3) is 0 Å². The van der Waals surface area contributed by atoms with E-state index >= 15 is 0 Å². The van der Waals surface area contributed by atoms with Crippen molar-refractivity contribution < 1.29 is 19.7 Å². The molecule has 0 amide bonds. The fourth-order valence-electron chi connectivity index (χ4n) is 5.10. The predicted molar refractivity (Wildman–Crippen MR) is 160 cm³/mol. The Morgan fingerprint density at radius 2 is 0.974 bits per heavy atom. The number of rotatable bonds is 25. The lowest BCUT2D eigenvalue weighted by Crippen LogP contribution is -2.35. The molecule has 0 saturated heterocycles. The normalized spacial score (nSPS) is 14.6. The molecule has 1 aliphatic carbocycles. The Kier molecular flexibility index (Phi) is 19.3. The highest BCUT2D eigenvalue weighted by atomic mass is 16.7. The van der Waals surface area contributed by atoms with Gasteiger partial charge in [-0.15, -0.1) is 0 Å². The zero-order chi connectivity index (χ0) is 27.0. The molecule has 216 valence electrons. The summed E-state index contributed by atoms with van der Waals surface area (Å²) < 4.78 is 12.8. The molecule has 0 bridgehead atoms. The largest absolute Gasteiger partial charge is 0.396 e. The van der Waals surface area contributed by atoms with Crippen LogP contribution in [-0.2, 0) is 9.47 Å². The quantitative estimate of drug-likeness (QED) is 0.0983. The average molecular weight is 529 g/mol. The molecule has 2 N–H and O–H groups in total. The van der Waals surface area contributed by atoms with E-state index in [1.807, 2.05) is 0 Å². The van der Waals surface area contributed by atoms with Crippen molar-refractivity contribution in [3.05, 3.63) is 54.1 Å². The van der Waals surface area contributed by atoms with E-state index in [1.165, 1.54) is 88.2 Å². The van der Waals surface area contributed by atoms with Gasteiger partial charge in [0, 0.05) is 19.6 Å². The summed E-state index contributed by atoms with van der Waals surface area (Å²) >= 11 is 0. The van der Waals surface area contributed by atoms with Crippen LogP contribution in [0.4, 0.5) is 0 Å². The standard InChI is InChI=1S/C34H56O4/c35-28-18-11-7-3-1-5-9-13-20-30-37-34(26-24-33(25-27-34)32-22-16-15-17-23-32)38-31-21-14-10-6-2-4-8-12-19-29-36/h15-17,22-26,35-36H,1-14,18-21,27-31H2. The van der Waals surface area contributed by atoms with Crippen molar-refractivity contribution >= 4 is 5.57 Å². The van der Waals surface area contributed by atoms with Gasteiger partial charge in [-0.1, -0.05) is 132 Å². The maximum absolute atomic E-state index is 8.86. The summed E-state index contributed by atoms with van der Waals surface area (Å²) in [5, 5.41) is 17.7. The Morgan fingerprint density at radius 3 is 1.37 bits per heavy atom. The van der Waals surface area contributed by atoms with E-state index in [9.17, 15) is 0 Å². The van der Waals surface area contributed by atoms with Crippen molar-refractivity contribution in [1.82, 2.24) is 0 Å². The summed E-state index contributed by atoms with van der Waals surface area (Å²) in [5.74, 6) is -0.627. The van der Waals surface area contributed by atoms with Gasteiger partial charge in [-0.25, -0.2) is 0 Å². The SMILES string of the molecule is OCCCCCCCCCCCOC1(OCCCCCCCCCCCO)C=CC(c2ccccc2)=CC1. The van der Waals surface area contributed by atoms with E-state index in [0.29, 0.717) is 13.2 Å². The number of benzene rings is 1. The molecule has 1 aliphatic rings. The second kappa shape index (κ2) is 22.4. The van der Waals surface area contributed by atoms with Crippen molar-refractivity contribution in [2.24, 2.45) is 0 Å². The first-order valence-corrected chi connectivity index (χ1v) is 15.7. The van der Waals surface area contributed by atoms with Crippen molar-refractivity contribution in [2.75, 3.05) is 26.4 Å². The fraction of sp³-hybridized carbons (Fsp3) is 0.706. The van der Waals surface area contributed by atoms with E-state index < -0.39 is 5.79 Å². The van der Waals surface area contributed by atoms with Crippen molar-refractivity contribution in [3.8, 4) is 0 Å². The minimum atomic E-state index is -0.627. The minimum absolute atomic E-state index is 0.330. The number of unbranched alkanes of at least 4 members (excludes halogenated alkanes) is 16. The molecule has 0 aromatic heterocycles. The van der Waals surface area contributed by atoms with Crippen molar-refractivity contribution in [2.45, 2.75) is 128 Å². The second-order valence-electron chi connectivity index (χ2n) is 10.9. The van der Waals surface area contributed by atoms with Crippen LogP contribution in [0.25, 0.3) is 5.57 Å². The fourth-order valence-corrected chi connectivity index (χ4v) is 5.10. The lowest BCUT2D eigenvalue weighted by Gasteiger charge is -2.33. The van der Waals surface area contributed by atoms with Crippen LogP contribution in [-0.4, -0.2) is 42.4 Å². The first kappa shape index (κ1) is 32.8. The van der Waals surface area contributed by atoms with E-state index in [-0.39, 0.29) is 0 Å². The molecule has 0 saturated carbocycles. The van der Waals surface area contributed by atoms with Crippen molar-refractivity contribution in [3.63, 3.8) is 0 Å². The highest BCUT2D eigenvalue weighted by Gasteiger charge is 2.30. The molecule has 0 aliphatic heterocycles. The third-order valence-corrected chi connectivity index (χ3v) is 7.53.